The highest BCUT2D eigenvalue weighted by Crippen LogP contribution is 2.45. The van der Waals surface area contributed by atoms with Crippen LogP contribution < -0.4 is 0 Å². The third kappa shape index (κ3) is 3.11. The average Bonchev–Trinajstić information content (AvgIpc) is 2.65. The van der Waals surface area contributed by atoms with Gasteiger partial charge in [0, 0.05) is 16.0 Å². The van der Waals surface area contributed by atoms with E-state index in [2.05, 4.69) is 20.9 Å². The van der Waals surface area contributed by atoms with Gasteiger partial charge in [-0.1, -0.05) is 31.0 Å². The molecule has 1 heterocycles. The highest BCUT2D eigenvalue weighted by atomic mass is 79.9. The van der Waals surface area contributed by atoms with Crippen LogP contribution in [0.3, 0.4) is 0 Å². The first-order valence-electron chi connectivity index (χ1n) is 5.10. The summed E-state index contributed by atoms with van der Waals surface area (Å²) in [4.78, 5) is 4.44. The predicted octanol–water partition coefficient (Wildman–Crippen LogP) is 4.94. The smallest absolute Gasteiger partial charge is 0.151 e. The first-order valence-corrected chi connectivity index (χ1v) is 8.12. The third-order valence-electron chi connectivity index (χ3n) is 2.77. The average molecular weight is 327 g/mol. The lowest BCUT2D eigenvalue weighted by Crippen LogP contribution is -2.29. The van der Waals surface area contributed by atoms with E-state index in [1.54, 1.807) is 11.3 Å². The van der Waals surface area contributed by atoms with Crippen molar-refractivity contribution in [3.8, 4) is 0 Å². The molecule has 1 aliphatic rings. The number of halogens is 2. The number of thiazole rings is 1. The van der Waals surface area contributed by atoms with Crippen LogP contribution in [0.5, 0.6) is 0 Å². The molecule has 0 saturated heterocycles. The van der Waals surface area contributed by atoms with Gasteiger partial charge in [0.2, 0.25) is 0 Å². The van der Waals surface area contributed by atoms with E-state index in [9.17, 15) is 0 Å². The number of thioether (sulfide) groups is 1. The van der Waals surface area contributed by atoms with E-state index in [4.69, 9.17) is 11.6 Å². The molecule has 1 saturated carbocycles. The minimum atomic E-state index is 0.247. The van der Waals surface area contributed by atoms with E-state index in [-0.39, 0.29) is 4.75 Å². The SMILES string of the molecule is ClCC1(Sc2nc(Br)cs2)CCCCC1. The second kappa shape index (κ2) is 5.39. The summed E-state index contributed by atoms with van der Waals surface area (Å²) in [7, 11) is 0. The van der Waals surface area contributed by atoms with Crippen LogP contribution in [0.15, 0.2) is 14.3 Å². The quantitative estimate of drug-likeness (QED) is 0.730. The van der Waals surface area contributed by atoms with Crippen LogP contribution in [0.1, 0.15) is 32.1 Å². The summed E-state index contributed by atoms with van der Waals surface area (Å²) >= 11 is 13.1. The second-order valence-corrected chi connectivity index (χ2v) is 7.57. The summed E-state index contributed by atoms with van der Waals surface area (Å²) in [6, 6.07) is 0. The van der Waals surface area contributed by atoms with Gasteiger partial charge in [0.05, 0.1) is 0 Å². The molecule has 2 rings (SSSR count). The second-order valence-electron chi connectivity index (χ2n) is 3.92. The van der Waals surface area contributed by atoms with Gasteiger partial charge in [-0.2, -0.15) is 0 Å². The summed E-state index contributed by atoms with van der Waals surface area (Å²) in [5, 5.41) is 2.03. The number of hydrogen-bond acceptors (Lipinski definition) is 3. The summed E-state index contributed by atoms with van der Waals surface area (Å²) in [6.45, 7) is 0. The minimum Gasteiger partial charge on any atom is -0.223 e. The van der Waals surface area contributed by atoms with Gasteiger partial charge in [-0.05, 0) is 28.8 Å². The van der Waals surface area contributed by atoms with Crippen LogP contribution in [0.4, 0.5) is 0 Å². The van der Waals surface area contributed by atoms with E-state index in [0.29, 0.717) is 0 Å². The number of rotatable bonds is 3. The van der Waals surface area contributed by atoms with Crippen LogP contribution in [0.2, 0.25) is 0 Å². The molecule has 1 fully saturated rings. The summed E-state index contributed by atoms with van der Waals surface area (Å²) in [5.41, 5.74) is 0. The molecule has 0 unspecified atom stereocenters. The Morgan fingerprint density at radius 2 is 2.20 bits per heavy atom. The fourth-order valence-electron chi connectivity index (χ4n) is 1.93. The number of aromatic nitrogens is 1. The lowest BCUT2D eigenvalue weighted by Gasteiger charge is -2.33. The molecule has 1 nitrogen and oxygen atoms in total. The highest BCUT2D eigenvalue weighted by molar-refractivity contribution is 9.10. The molecule has 1 aliphatic carbocycles. The van der Waals surface area contributed by atoms with Gasteiger partial charge in [-0.25, -0.2) is 4.98 Å². The largest absolute Gasteiger partial charge is 0.223 e. The molecule has 15 heavy (non-hydrogen) atoms. The van der Waals surface area contributed by atoms with Crippen molar-refractivity contribution >= 4 is 50.6 Å². The maximum Gasteiger partial charge on any atom is 0.151 e. The third-order valence-corrected chi connectivity index (χ3v) is 6.57. The van der Waals surface area contributed by atoms with E-state index in [1.165, 1.54) is 32.1 Å². The van der Waals surface area contributed by atoms with Crippen LogP contribution in [0, 0.1) is 0 Å². The lowest BCUT2D eigenvalue weighted by atomic mass is 9.90. The molecule has 0 bridgehead atoms. The molecular formula is C10H13BrClNS2. The first-order chi connectivity index (χ1) is 7.24. The summed E-state index contributed by atoms with van der Waals surface area (Å²) in [6.07, 6.45) is 6.45. The monoisotopic (exact) mass is 325 g/mol. The van der Waals surface area contributed by atoms with Gasteiger partial charge in [0.15, 0.2) is 4.34 Å². The topological polar surface area (TPSA) is 12.9 Å². The zero-order valence-electron chi connectivity index (χ0n) is 8.34. The molecule has 0 aromatic carbocycles. The van der Waals surface area contributed by atoms with E-state index in [0.717, 1.165) is 14.8 Å². The molecule has 0 radical (unpaired) electrons. The minimum absolute atomic E-state index is 0.247. The molecule has 0 atom stereocenters. The molecule has 0 aliphatic heterocycles. The highest BCUT2D eigenvalue weighted by Gasteiger charge is 2.33. The normalized spacial score (nSPS) is 20.4. The fraction of sp³-hybridized carbons (Fsp3) is 0.700. The fourth-order valence-corrected chi connectivity index (χ4v) is 5.38. The van der Waals surface area contributed by atoms with Crippen molar-refractivity contribution in [2.75, 3.05) is 5.88 Å². The molecule has 0 spiro atoms. The predicted molar refractivity (Wildman–Crippen MR) is 72.2 cm³/mol. The molecule has 0 N–H and O–H groups in total. The molecule has 84 valence electrons. The molecule has 5 heteroatoms. The van der Waals surface area contributed by atoms with Gasteiger partial charge in [0.1, 0.15) is 4.60 Å². The summed E-state index contributed by atoms with van der Waals surface area (Å²) < 4.78 is 2.33. The van der Waals surface area contributed by atoms with Gasteiger partial charge in [0.25, 0.3) is 0 Å². The Hall–Kier alpha value is 0.750. The van der Waals surface area contributed by atoms with Crippen LogP contribution in [0.25, 0.3) is 0 Å². The zero-order chi connectivity index (χ0) is 10.7. The van der Waals surface area contributed by atoms with Gasteiger partial charge < -0.3 is 0 Å². The summed E-state index contributed by atoms with van der Waals surface area (Å²) in [5.74, 6) is 0.745. The van der Waals surface area contributed by atoms with Crippen molar-refractivity contribution in [1.29, 1.82) is 0 Å². The number of hydrogen-bond donors (Lipinski definition) is 0. The van der Waals surface area contributed by atoms with Crippen LogP contribution >= 0.6 is 50.6 Å². The Morgan fingerprint density at radius 1 is 1.47 bits per heavy atom. The van der Waals surface area contributed by atoms with E-state index in [1.807, 2.05) is 17.1 Å². The van der Waals surface area contributed by atoms with Gasteiger partial charge in [-0.3, -0.25) is 0 Å². The molecule has 1 aromatic heterocycles. The Kier molecular flexibility index (Phi) is 4.39. The molecule has 0 amide bonds. The van der Waals surface area contributed by atoms with Gasteiger partial charge >= 0.3 is 0 Å². The zero-order valence-corrected chi connectivity index (χ0v) is 12.3. The van der Waals surface area contributed by atoms with Gasteiger partial charge in [-0.15, -0.1) is 22.9 Å². The maximum absolute atomic E-state index is 6.14. The van der Waals surface area contributed by atoms with Crippen molar-refractivity contribution in [3.05, 3.63) is 9.98 Å². The first kappa shape index (κ1) is 12.2. The van der Waals surface area contributed by atoms with E-state index >= 15 is 0 Å². The molecule has 1 aromatic rings. The Labute approximate surface area is 112 Å². The standard InChI is InChI=1S/C10H13BrClNS2/c11-8-6-14-9(13-8)15-10(7-12)4-2-1-3-5-10/h6H,1-5,7H2. The Balaban J connectivity index is 2.06. The van der Waals surface area contributed by atoms with Crippen molar-refractivity contribution in [1.82, 2.24) is 4.98 Å². The molecular weight excluding hydrogens is 314 g/mol. The van der Waals surface area contributed by atoms with Crippen molar-refractivity contribution in [3.63, 3.8) is 0 Å². The Morgan fingerprint density at radius 3 is 2.73 bits per heavy atom. The number of nitrogens with zero attached hydrogens (tertiary/aromatic N) is 1. The maximum atomic E-state index is 6.14. The number of alkyl halides is 1. The van der Waals surface area contributed by atoms with Crippen LogP contribution in [-0.2, 0) is 0 Å². The van der Waals surface area contributed by atoms with Crippen molar-refractivity contribution in [2.45, 2.75) is 41.2 Å². The Bertz CT molecular complexity index is 323. The van der Waals surface area contributed by atoms with Crippen molar-refractivity contribution < 1.29 is 0 Å². The lowest BCUT2D eigenvalue weighted by molar-refractivity contribution is 0.425. The van der Waals surface area contributed by atoms with E-state index < -0.39 is 0 Å². The van der Waals surface area contributed by atoms with Crippen molar-refractivity contribution in [2.24, 2.45) is 0 Å². The van der Waals surface area contributed by atoms with Crippen LogP contribution in [-0.4, -0.2) is 15.6 Å².